The number of likely N-dealkylation sites (tertiary alicyclic amines) is 1. The Morgan fingerprint density at radius 2 is 1.96 bits per heavy atom. The number of fused-ring (bicyclic) bond motifs is 1. The van der Waals surface area contributed by atoms with Gasteiger partial charge in [0.2, 0.25) is 5.91 Å². The topological polar surface area (TPSA) is 95.9 Å². The molecule has 4 rings (SSSR count). The van der Waals surface area contributed by atoms with Gasteiger partial charge in [-0.1, -0.05) is 26.0 Å². The summed E-state index contributed by atoms with van der Waals surface area (Å²) in [7, 11) is -3.93. The second-order valence-electron chi connectivity index (χ2n) is 7.57. The number of benzene rings is 1. The highest BCUT2D eigenvalue weighted by molar-refractivity contribution is 7.90. The Morgan fingerprint density at radius 1 is 1.27 bits per heavy atom. The van der Waals surface area contributed by atoms with Crippen molar-refractivity contribution in [2.75, 3.05) is 11.9 Å². The molecule has 1 amide bonds. The molecule has 0 aromatic heterocycles. The number of nitrogens with zero attached hydrogens (tertiary/aromatic N) is 2. The highest BCUT2D eigenvalue weighted by Gasteiger charge is 2.66. The molecule has 1 saturated heterocycles. The van der Waals surface area contributed by atoms with E-state index in [-0.39, 0.29) is 22.4 Å². The number of amides is 1. The lowest BCUT2D eigenvalue weighted by Crippen LogP contribution is -2.39. The molecule has 2 heterocycles. The van der Waals surface area contributed by atoms with Crippen LogP contribution in [0.1, 0.15) is 33.1 Å². The van der Waals surface area contributed by atoms with Gasteiger partial charge in [-0.3, -0.25) is 9.59 Å². The van der Waals surface area contributed by atoms with Gasteiger partial charge in [-0.25, -0.2) is 0 Å². The van der Waals surface area contributed by atoms with E-state index in [4.69, 9.17) is 0 Å². The number of para-hydroxylation sites is 1. The minimum Gasteiger partial charge on any atom is -0.341 e. The molecule has 1 atom stereocenters. The van der Waals surface area contributed by atoms with Crippen LogP contribution in [0.3, 0.4) is 0 Å². The van der Waals surface area contributed by atoms with Crippen molar-refractivity contribution in [3.05, 3.63) is 24.3 Å². The third kappa shape index (κ3) is 2.46. The van der Waals surface area contributed by atoms with Gasteiger partial charge in [-0.05, 0) is 37.3 Å². The summed E-state index contributed by atoms with van der Waals surface area (Å²) in [6, 6.07) is 6.36. The van der Waals surface area contributed by atoms with E-state index in [0.29, 0.717) is 31.0 Å². The first-order chi connectivity index (χ1) is 12.3. The summed E-state index contributed by atoms with van der Waals surface area (Å²) in [5, 5.41) is 2.91. The highest BCUT2D eigenvalue weighted by atomic mass is 32.2. The fraction of sp³-hybridized carbons (Fsp3) is 0.500. The number of sulfonamides is 1. The van der Waals surface area contributed by atoms with Crippen molar-refractivity contribution in [3.63, 3.8) is 0 Å². The average molecular weight is 375 g/mol. The Balaban J connectivity index is 1.70. The molecule has 1 spiro atoms. The molecule has 0 radical (unpaired) electrons. The quantitative estimate of drug-likeness (QED) is 0.810. The van der Waals surface area contributed by atoms with Crippen molar-refractivity contribution in [2.45, 2.75) is 43.5 Å². The van der Waals surface area contributed by atoms with Gasteiger partial charge in [0.05, 0.1) is 5.69 Å². The first kappa shape index (κ1) is 17.2. The van der Waals surface area contributed by atoms with Crippen LogP contribution in [0.4, 0.5) is 5.69 Å². The first-order valence-electron chi connectivity index (χ1n) is 8.83. The van der Waals surface area contributed by atoms with E-state index in [1.807, 2.05) is 0 Å². The summed E-state index contributed by atoms with van der Waals surface area (Å²) in [6.45, 7) is 4.64. The molecule has 1 aromatic rings. The standard InChI is InChI=1S/C18H21N3O4S/c1-11(2)7-10-21-17(23)14(15(22)18(21)8-9-18)16-19-12-5-3-4-6-13(12)26(24,25)20-16/h3-6,11,14H,7-10H2,1-2H3,(H,19,20). The number of ketones is 1. The minimum absolute atomic E-state index is 0.0550. The molecule has 1 N–H and O–H groups in total. The Labute approximate surface area is 152 Å². The predicted octanol–water partition coefficient (Wildman–Crippen LogP) is 1.81. The second-order valence-corrected chi connectivity index (χ2v) is 9.15. The van der Waals surface area contributed by atoms with Crippen LogP contribution in [0.15, 0.2) is 33.6 Å². The summed E-state index contributed by atoms with van der Waals surface area (Å²) in [5.41, 5.74) is -0.398. The zero-order valence-corrected chi connectivity index (χ0v) is 15.5. The van der Waals surface area contributed by atoms with E-state index in [2.05, 4.69) is 23.6 Å². The summed E-state index contributed by atoms with van der Waals surface area (Å²) in [4.78, 5) is 27.7. The zero-order chi connectivity index (χ0) is 18.7. The van der Waals surface area contributed by atoms with Gasteiger partial charge >= 0.3 is 0 Å². The van der Waals surface area contributed by atoms with Crippen molar-refractivity contribution in [1.82, 2.24) is 4.90 Å². The summed E-state index contributed by atoms with van der Waals surface area (Å²) in [6.07, 6.45) is 2.08. The molecule has 8 heteroatoms. The van der Waals surface area contributed by atoms with E-state index >= 15 is 0 Å². The van der Waals surface area contributed by atoms with Gasteiger partial charge in [0.1, 0.15) is 16.3 Å². The molecule has 1 aromatic carbocycles. The fourth-order valence-corrected chi connectivity index (χ4v) is 4.88. The number of rotatable bonds is 4. The van der Waals surface area contributed by atoms with E-state index in [0.717, 1.165) is 6.42 Å². The van der Waals surface area contributed by atoms with Crippen molar-refractivity contribution in [2.24, 2.45) is 16.2 Å². The summed E-state index contributed by atoms with van der Waals surface area (Å²) in [5.74, 6) is -1.39. The normalized spacial score (nSPS) is 25.3. The molecule has 1 unspecified atom stereocenters. The molecule has 138 valence electrons. The maximum absolute atomic E-state index is 13.0. The van der Waals surface area contributed by atoms with Crippen LogP contribution >= 0.6 is 0 Å². The van der Waals surface area contributed by atoms with Gasteiger partial charge < -0.3 is 10.2 Å². The lowest BCUT2D eigenvalue weighted by molar-refractivity contribution is -0.131. The van der Waals surface area contributed by atoms with Crippen LogP contribution in [-0.2, 0) is 19.6 Å². The van der Waals surface area contributed by atoms with Crippen LogP contribution in [0.2, 0.25) is 0 Å². The summed E-state index contributed by atoms with van der Waals surface area (Å²) < 4.78 is 28.7. The van der Waals surface area contributed by atoms with E-state index in [1.165, 1.54) is 6.07 Å². The maximum Gasteiger partial charge on any atom is 0.286 e. The lowest BCUT2D eigenvalue weighted by Gasteiger charge is -2.24. The van der Waals surface area contributed by atoms with Gasteiger partial charge in [0, 0.05) is 6.54 Å². The number of nitrogens with one attached hydrogen (secondary N) is 1. The molecule has 3 aliphatic rings. The van der Waals surface area contributed by atoms with Crippen molar-refractivity contribution in [1.29, 1.82) is 0 Å². The van der Waals surface area contributed by atoms with Gasteiger partial charge in [-0.2, -0.15) is 8.42 Å². The number of anilines is 1. The fourth-order valence-electron chi connectivity index (χ4n) is 3.73. The van der Waals surface area contributed by atoms with Crippen molar-refractivity contribution < 1.29 is 18.0 Å². The Kier molecular flexibility index (Phi) is 3.73. The van der Waals surface area contributed by atoms with Crippen LogP contribution in [0, 0.1) is 11.8 Å². The molecular formula is C18H21N3O4S. The average Bonchev–Trinajstić information content (AvgIpc) is 3.32. The number of hydrogen-bond acceptors (Lipinski definition) is 5. The highest BCUT2D eigenvalue weighted by Crippen LogP contribution is 2.50. The number of hydrogen-bond donors (Lipinski definition) is 1. The molecule has 7 nitrogen and oxygen atoms in total. The molecule has 2 aliphatic heterocycles. The smallest absolute Gasteiger partial charge is 0.286 e. The van der Waals surface area contributed by atoms with Gasteiger partial charge in [-0.15, -0.1) is 4.40 Å². The number of Topliss-reactive ketones (excluding diaryl/α,β-unsaturated/α-hetero) is 1. The van der Waals surface area contributed by atoms with Gasteiger partial charge in [0.15, 0.2) is 11.7 Å². The predicted molar refractivity (Wildman–Crippen MR) is 96.3 cm³/mol. The van der Waals surface area contributed by atoms with Crippen LogP contribution in [0.25, 0.3) is 0 Å². The summed E-state index contributed by atoms with van der Waals surface area (Å²) >= 11 is 0. The zero-order valence-electron chi connectivity index (χ0n) is 14.7. The molecular weight excluding hydrogens is 354 g/mol. The SMILES string of the molecule is CC(C)CCN1C(=O)C(C2=NS(=O)(=O)c3ccccc3N2)C(=O)C12CC2. The minimum atomic E-state index is -3.93. The third-order valence-electron chi connectivity index (χ3n) is 5.32. The van der Waals surface area contributed by atoms with Gasteiger partial charge in [0.25, 0.3) is 10.0 Å². The van der Waals surface area contributed by atoms with Crippen molar-refractivity contribution in [3.8, 4) is 0 Å². The molecule has 2 fully saturated rings. The second kappa shape index (κ2) is 5.64. The monoisotopic (exact) mass is 375 g/mol. The third-order valence-corrected chi connectivity index (χ3v) is 6.67. The largest absolute Gasteiger partial charge is 0.341 e. The Morgan fingerprint density at radius 3 is 2.62 bits per heavy atom. The maximum atomic E-state index is 13.0. The van der Waals surface area contributed by atoms with E-state index < -0.39 is 21.5 Å². The van der Waals surface area contributed by atoms with Crippen LogP contribution < -0.4 is 5.32 Å². The van der Waals surface area contributed by atoms with E-state index in [9.17, 15) is 18.0 Å². The Bertz CT molecular complexity index is 932. The number of carbonyl (C=O) groups excluding carboxylic acids is 2. The number of carbonyl (C=O) groups is 2. The molecule has 1 saturated carbocycles. The van der Waals surface area contributed by atoms with Crippen molar-refractivity contribution >= 4 is 33.2 Å². The lowest BCUT2D eigenvalue weighted by atomic mass is 10.0. The van der Waals surface area contributed by atoms with E-state index in [1.54, 1.807) is 23.1 Å². The first-order valence-corrected chi connectivity index (χ1v) is 10.3. The number of amidine groups is 1. The molecule has 0 bridgehead atoms. The van der Waals surface area contributed by atoms with Crippen LogP contribution in [-0.4, -0.2) is 42.9 Å². The Hall–Kier alpha value is -2.22. The molecule has 26 heavy (non-hydrogen) atoms. The van der Waals surface area contributed by atoms with Crippen LogP contribution in [0.5, 0.6) is 0 Å². The molecule has 1 aliphatic carbocycles.